The second-order valence-corrected chi connectivity index (χ2v) is 6.79. The summed E-state index contributed by atoms with van der Waals surface area (Å²) in [7, 11) is 0. The van der Waals surface area contributed by atoms with Crippen molar-refractivity contribution in [1.82, 2.24) is 9.80 Å². The summed E-state index contributed by atoms with van der Waals surface area (Å²) < 4.78 is 0. The molecule has 2 fully saturated rings. The van der Waals surface area contributed by atoms with Gasteiger partial charge in [0.05, 0.1) is 5.37 Å². The van der Waals surface area contributed by atoms with Crippen molar-refractivity contribution in [2.45, 2.75) is 44.5 Å². The molecule has 2 heterocycles. The molecule has 2 atom stereocenters. The molecule has 0 saturated carbocycles. The van der Waals surface area contributed by atoms with Crippen LogP contribution >= 0.6 is 11.8 Å². The Morgan fingerprint density at radius 2 is 1.86 bits per heavy atom. The van der Waals surface area contributed by atoms with Crippen LogP contribution in [-0.2, 0) is 14.4 Å². The number of hydrogen-bond donors (Lipinski definition) is 1. The molecular weight excluding hydrogens is 292 g/mol. The standard InChI is InChI=1S/C14H22N2O4S/c1-3-12-16(11(8-21-12)14(19)20)13(18)10-4-6-15(7-5-10)9(2)17/h10-12H,3-8H2,1-2H3,(H,19,20). The number of carboxylic acid groups (broad SMARTS) is 1. The van der Waals surface area contributed by atoms with Crippen LogP contribution in [0.2, 0.25) is 0 Å². The van der Waals surface area contributed by atoms with Gasteiger partial charge in [-0.25, -0.2) is 4.79 Å². The number of carboxylic acids is 1. The Balaban J connectivity index is 2.04. The van der Waals surface area contributed by atoms with E-state index < -0.39 is 12.0 Å². The summed E-state index contributed by atoms with van der Waals surface area (Å²) in [6.45, 7) is 4.68. The number of carbonyl (C=O) groups is 3. The van der Waals surface area contributed by atoms with E-state index >= 15 is 0 Å². The van der Waals surface area contributed by atoms with E-state index in [0.29, 0.717) is 31.7 Å². The summed E-state index contributed by atoms with van der Waals surface area (Å²) >= 11 is 1.54. The van der Waals surface area contributed by atoms with Crippen LogP contribution in [0.15, 0.2) is 0 Å². The minimum atomic E-state index is -0.923. The summed E-state index contributed by atoms with van der Waals surface area (Å²) in [5.74, 6) is -0.635. The average molecular weight is 314 g/mol. The molecule has 1 N–H and O–H groups in total. The molecule has 2 saturated heterocycles. The van der Waals surface area contributed by atoms with Crippen molar-refractivity contribution in [3.8, 4) is 0 Å². The van der Waals surface area contributed by atoms with Crippen LogP contribution in [0.1, 0.15) is 33.1 Å². The molecule has 2 amide bonds. The van der Waals surface area contributed by atoms with Gasteiger partial charge >= 0.3 is 5.97 Å². The van der Waals surface area contributed by atoms with E-state index in [1.807, 2.05) is 6.92 Å². The molecule has 21 heavy (non-hydrogen) atoms. The number of hydrogen-bond acceptors (Lipinski definition) is 4. The van der Waals surface area contributed by atoms with Crippen LogP contribution in [0, 0.1) is 5.92 Å². The van der Waals surface area contributed by atoms with Gasteiger partial charge in [-0.3, -0.25) is 9.59 Å². The summed E-state index contributed by atoms with van der Waals surface area (Å²) in [6.07, 6.45) is 2.01. The predicted molar refractivity (Wildman–Crippen MR) is 79.8 cm³/mol. The highest BCUT2D eigenvalue weighted by atomic mass is 32.2. The molecule has 2 aliphatic rings. The third kappa shape index (κ3) is 3.33. The SMILES string of the molecule is CCC1SCC(C(=O)O)N1C(=O)C1CCN(C(C)=O)CC1. The van der Waals surface area contributed by atoms with E-state index in [4.69, 9.17) is 0 Å². The van der Waals surface area contributed by atoms with Gasteiger partial charge in [0, 0.05) is 31.7 Å². The van der Waals surface area contributed by atoms with Crippen LogP contribution in [0.4, 0.5) is 0 Å². The normalized spacial score (nSPS) is 27.0. The van der Waals surface area contributed by atoms with E-state index in [2.05, 4.69) is 0 Å². The molecule has 0 radical (unpaired) electrons. The molecule has 0 aromatic carbocycles. The lowest BCUT2D eigenvalue weighted by Crippen LogP contribution is -2.50. The summed E-state index contributed by atoms with van der Waals surface area (Å²) in [5, 5.41) is 9.26. The van der Waals surface area contributed by atoms with Crippen molar-refractivity contribution < 1.29 is 19.5 Å². The Morgan fingerprint density at radius 1 is 1.24 bits per heavy atom. The zero-order valence-corrected chi connectivity index (χ0v) is 13.3. The van der Waals surface area contributed by atoms with Gasteiger partial charge in [-0.05, 0) is 19.3 Å². The van der Waals surface area contributed by atoms with E-state index in [1.165, 1.54) is 6.92 Å². The van der Waals surface area contributed by atoms with Crippen molar-refractivity contribution in [2.75, 3.05) is 18.8 Å². The largest absolute Gasteiger partial charge is 0.480 e. The number of likely N-dealkylation sites (tertiary alicyclic amines) is 1. The van der Waals surface area contributed by atoms with Gasteiger partial charge in [-0.1, -0.05) is 6.92 Å². The number of thioether (sulfide) groups is 1. The summed E-state index contributed by atoms with van der Waals surface area (Å²) in [5.41, 5.74) is 0. The number of amides is 2. The molecule has 2 aliphatic heterocycles. The predicted octanol–water partition coefficient (Wildman–Crippen LogP) is 1.01. The highest BCUT2D eigenvalue weighted by Crippen LogP contribution is 2.34. The first kappa shape index (κ1) is 16.1. The van der Waals surface area contributed by atoms with Crippen molar-refractivity contribution in [1.29, 1.82) is 0 Å². The first-order valence-corrected chi connectivity index (χ1v) is 8.42. The van der Waals surface area contributed by atoms with Crippen molar-refractivity contribution >= 4 is 29.5 Å². The number of rotatable bonds is 3. The zero-order valence-electron chi connectivity index (χ0n) is 12.4. The van der Waals surface area contributed by atoms with Crippen LogP contribution in [-0.4, -0.2) is 62.9 Å². The average Bonchev–Trinajstić information content (AvgIpc) is 2.90. The molecule has 2 rings (SSSR count). The van der Waals surface area contributed by atoms with E-state index in [9.17, 15) is 19.5 Å². The lowest BCUT2D eigenvalue weighted by atomic mass is 9.94. The third-order valence-corrected chi connectivity index (χ3v) is 5.72. The van der Waals surface area contributed by atoms with Crippen molar-refractivity contribution in [2.24, 2.45) is 5.92 Å². The molecular formula is C14H22N2O4S. The second-order valence-electron chi connectivity index (χ2n) is 5.58. The van der Waals surface area contributed by atoms with Crippen LogP contribution in [0.5, 0.6) is 0 Å². The van der Waals surface area contributed by atoms with Gasteiger partial charge in [-0.15, -0.1) is 11.8 Å². The van der Waals surface area contributed by atoms with E-state index in [1.54, 1.807) is 21.6 Å². The topological polar surface area (TPSA) is 77.9 Å². The molecule has 0 aliphatic carbocycles. The number of nitrogens with zero attached hydrogens (tertiary/aromatic N) is 2. The maximum atomic E-state index is 12.7. The Bertz CT molecular complexity index is 435. The van der Waals surface area contributed by atoms with E-state index in [0.717, 1.165) is 6.42 Å². The van der Waals surface area contributed by atoms with Crippen LogP contribution in [0.25, 0.3) is 0 Å². The smallest absolute Gasteiger partial charge is 0.327 e. The minimum absolute atomic E-state index is 0.0347. The second kappa shape index (κ2) is 6.68. The van der Waals surface area contributed by atoms with Gasteiger partial charge < -0.3 is 14.9 Å². The monoisotopic (exact) mass is 314 g/mol. The highest BCUT2D eigenvalue weighted by Gasteiger charge is 2.43. The van der Waals surface area contributed by atoms with E-state index in [-0.39, 0.29) is 23.1 Å². The van der Waals surface area contributed by atoms with Gasteiger partial charge in [0.15, 0.2) is 0 Å². The molecule has 6 nitrogen and oxygen atoms in total. The summed E-state index contributed by atoms with van der Waals surface area (Å²) in [4.78, 5) is 38.7. The van der Waals surface area contributed by atoms with Crippen molar-refractivity contribution in [3.05, 3.63) is 0 Å². The van der Waals surface area contributed by atoms with Crippen LogP contribution < -0.4 is 0 Å². The Morgan fingerprint density at radius 3 is 2.33 bits per heavy atom. The van der Waals surface area contributed by atoms with Crippen LogP contribution in [0.3, 0.4) is 0 Å². The van der Waals surface area contributed by atoms with Gasteiger partial charge in [0.25, 0.3) is 0 Å². The third-order valence-electron chi connectivity index (χ3n) is 4.27. The molecule has 0 spiro atoms. The zero-order chi connectivity index (χ0) is 15.6. The minimum Gasteiger partial charge on any atom is -0.480 e. The molecule has 118 valence electrons. The lowest BCUT2D eigenvalue weighted by Gasteiger charge is -2.35. The number of piperidine rings is 1. The first-order valence-electron chi connectivity index (χ1n) is 7.37. The fourth-order valence-electron chi connectivity index (χ4n) is 3.02. The van der Waals surface area contributed by atoms with Gasteiger partial charge in [0.2, 0.25) is 11.8 Å². The van der Waals surface area contributed by atoms with Gasteiger partial charge in [-0.2, -0.15) is 0 Å². The Labute approximate surface area is 128 Å². The molecule has 0 aromatic heterocycles. The fourth-order valence-corrected chi connectivity index (χ4v) is 4.37. The molecule has 0 aromatic rings. The van der Waals surface area contributed by atoms with Crippen molar-refractivity contribution in [3.63, 3.8) is 0 Å². The maximum Gasteiger partial charge on any atom is 0.327 e. The molecule has 0 bridgehead atoms. The molecule has 7 heteroatoms. The number of aliphatic carboxylic acids is 1. The Kier molecular flexibility index (Phi) is 5.13. The first-order chi connectivity index (χ1) is 9.95. The lowest BCUT2D eigenvalue weighted by molar-refractivity contribution is -0.152. The quantitative estimate of drug-likeness (QED) is 0.841. The maximum absolute atomic E-state index is 12.7. The summed E-state index contributed by atoms with van der Waals surface area (Å²) in [6, 6.07) is -0.710. The van der Waals surface area contributed by atoms with Gasteiger partial charge in [0.1, 0.15) is 6.04 Å². The fraction of sp³-hybridized carbons (Fsp3) is 0.786. The highest BCUT2D eigenvalue weighted by molar-refractivity contribution is 8.00. The molecule has 2 unspecified atom stereocenters. The number of carbonyl (C=O) groups excluding carboxylic acids is 2. The Hall–Kier alpha value is -1.24.